The molecule has 28 heavy (non-hydrogen) atoms. The van der Waals surface area contributed by atoms with Gasteiger partial charge in [0.15, 0.2) is 5.76 Å². The van der Waals surface area contributed by atoms with E-state index in [4.69, 9.17) is 9.26 Å². The second kappa shape index (κ2) is 7.17. The number of pyridine rings is 1. The van der Waals surface area contributed by atoms with Gasteiger partial charge in [0, 0.05) is 18.7 Å². The van der Waals surface area contributed by atoms with Gasteiger partial charge in [-0.15, -0.1) is 0 Å². The van der Waals surface area contributed by atoms with Gasteiger partial charge in [0.05, 0.1) is 12.7 Å². The zero-order chi connectivity index (χ0) is 19.9. The van der Waals surface area contributed by atoms with Crippen molar-refractivity contribution in [2.45, 2.75) is 56.2 Å². The molecule has 2 aromatic heterocycles. The fourth-order valence-electron chi connectivity index (χ4n) is 3.45. The number of carbonyl (C=O) groups is 1. The van der Waals surface area contributed by atoms with E-state index in [0.29, 0.717) is 5.75 Å². The smallest absolute Gasteiger partial charge is 0.249 e. The van der Waals surface area contributed by atoms with Crippen LogP contribution in [0.15, 0.2) is 33.9 Å². The Hall–Kier alpha value is -2.46. The Morgan fingerprint density at radius 1 is 1.36 bits per heavy atom. The summed E-state index contributed by atoms with van der Waals surface area (Å²) in [6.07, 6.45) is 4.83. The molecule has 10 heteroatoms. The quantitative estimate of drug-likeness (QED) is 0.766. The first-order valence-electron chi connectivity index (χ1n) is 9.18. The van der Waals surface area contributed by atoms with Crippen LogP contribution in [-0.4, -0.2) is 53.5 Å². The van der Waals surface area contributed by atoms with E-state index in [9.17, 15) is 13.2 Å². The minimum Gasteiger partial charge on any atom is -0.487 e. The maximum Gasteiger partial charge on any atom is 0.249 e. The summed E-state index contributed by atoms with van der Waals surface area (Å²) in [6, 6.07) is 2.77. The summed E-state index contributed by atoms with van der Waals surface area (Å²) in [4.78, 5) is 16.8. The van der Waals surface area contributed by atoms with Crippen LogP contribution in [-0.2, 0) is 14.8 Å². The lowest BCUT2D eigenvalue weighted by Gasteiger charge is -2.22. The number of carbonyl (C=O) groups excluding carboxylic acids is 1. The molecule has 0 unspecified atom stereocenters. The van der Waals surface area contributed by atoms with E-state index in [2.05, 4.69) is 15.5 Å². The average Bonchev–Trinajstić information content (AvgIpc) is 3.25. The molecule has 3 heterocycles. The molecule has 2 aromatic rings. The second-order valence-electron chi connectivity index (χ2n) is 7.19. The molecule has 1 amide bonds. The van der Waals surface area contributed by atoms with Crippen molar-refractivity contribution < 1.29 is 22.5 Å². The molecule has 1 N–H and O–H groups in total. The van der Waals surface area contributed by atoms with E-state index in [1.165, 1.54) is 4.31 Å². The zero-order valence-electron chi connectivity index (χ0n) is 15.7. The van der Waals surface area contributed by atoms with Crippen LogP contribution >= 0.6 is 0 Å². The number of sulfonamides is 1. The summed E-state index contributed by atoms with van der Waals surface area (Å²) >= 11 is 0. The fraction of sp³-hybridized carbons (Fsp3) is 0.500. The number of amides is 1. The first-order chi connectivity index (χ1) is 13.4. The zero-order valence-corrected chi connectivity index (χ0v) is 16.5. The minimum atomic E-state index is -3.97. The molecule has 0 spiro atoms. The molecule has 0 radical (unpaired) electrons. The highest BCUT2D eigenvalue weighted by molar-refractivity contribution is 7.89. The van der Waals surface area contributed by atoms with Gasteiger partial charge in [0.2, 0.25) is 15.9 Å². The lowest BCUT2D eigenvalue weighted by Crippen LogP contribution is -2.46. The third kappa shape index (κ3) is 3.61. The highest BCUT2D eigenvalue weighted by Gasteiger charge is 2.47. The molecule has 1 saturated heterocycles. The standard InChI is InChI=1S/C18H22N4O5S/c1-11-17(12(2)27-21-11)28(24,25)22-10-15(26-14-4-3-7-19-9-14)8-16(22)18(23)20-13-5-6-13/h3-4,7,9,13,15-16H,5-6,8,10H2,1-2H3,(H,20,23)/t15-,16-/m0/s1. The molecular formula is C18H22N4O5S. The third-order valence-electron chi connectivity index (χ3n) is 4.92. The number of hydrogen-bond donors (Lipinski definition) is 1. The summed E-state index contributed by atoms with van der Waals surface area (Å²) in [5.41, 5.74) is 0.274. The van der Waals surface area contributed by atoms with Gasteiger partial charge in [-0.3, -0.25) is 9.78 Å². The van der Waals surface area contributed by atoms with Crippen LogP contribution in [0.5, 0.6) is 5.75 Å². The van der Waals surface area contributed by atoms with Gasteiger partial charge < -0.3 is 14.6 Å². The maximum absolute atomic E-state index is 13.3. The number of aryl methyl sites for hydroxylation is 2. The lowest BCUT2D eigenvalue weighted by molar-refractivity contribution is -0.124. The van der Waals surface area contributed by atoms with Gasteiger partial charge in [0.25, 0.3) is 0 Å². The number of hydrogen-bond acceptors (Lipinski definition) is 7. The largest absolute Gasteiger partial charge is 0.487 e. The Bertz CT molecular complexity index is 952. The summed E-state index contributed by atoms with van der Waals surface area (Å²) in [6.45, 7) is 3.18. The minimum absolute atomic E-state index is 0.0127. The Kier molecular flexibility index (Phi) is 4.84. The molecule has 1 aliphatic heterocycles. The predicted molar refractivity (Wildman–Crippen MR) is 98.1 cm³/mol. The number of ether oxygens (including phenoxy) is 1. The van der Waals surface area contributed by atoms with Crippen molar-refractivity contribution in [1.29, 1.82) is 0 Å². The normalized spacial score (nSPS) is 22.9. The Labute approximate surface area is 163 Å². The van der Waals surface area contributed by atoms with Crippen molar-refractivity contribution in [2.24, 2.45) is 0 Å². The highest BCUT2D eigenvalue weighted by Crippen LogP contribution is 2.32. The lowest BCUT2D eigenvalue weighted by atomic mass is 10.2. The van der Waals surface area contributed by atoms with Crippen LogP contribution in [0, 0.1) is 13.8 Å². The molecule has 9 nitrogen and oxygen atoms in total. The van der Waals surface area contributed by atoms with Crippen LogP contribution in [0.1, 0.15) is 30.7 Å². The van der Waals surface area contributed by atoms with E-state index in [0.717, 1.165) is 12.8 Å². The van der Waals surface area contributed by atoms with Gasteiger partial charge >= 0.3 is 0 Å². The average molecular weight is 406 g/mol. The van der Waals surface area contributed by atoms with Crippen molar-refractivity contribution >= 4 is 15.9 Å². The molecule has 2 fully saturated rings. The van der Waals surface area contributed by atoms with Crippen molar-refractivity contribution in [3.05, 3.63) is 36.0 Å². The summed E-state index contributed by atoms with van der Waals surface area (Å²) in [5, 5.41) is 6.65. The number of nitrogens with zero attached hydrogens (tertiary/aromatic N) is 3. The van der Waals surface area contributed by atoms with Gasteiger partial charge in [-0.25, -0.2) is 8.42 Å². The van der Waals surface area contributed by atoms with E-state index >= 15 is 0 Å². The molecule has 1 aliphatic carbocycles. The van der Waals surface area contributed by atoms with Crippen LogP contribution in [0.2, 0.25) is 0 Å². The fourth-order valence-corrected chi connectivity index (χ4v) is 5.38. The van der Waals surface area contributed by atoms with E-state index in [-0.39, 0.29) is 41.3 Å². The maximum atomic E-state index is 13.3. The van der Waals surface area contributed by atoms with Gasteiger partial charge in [0.1, 0.15) is 28.5 Å². The molecule has 0 aromatic carbocycles. The SMILES string of the molecule is Cc1noc(C)c1S(=O)(=O)N1C[C@@H](Oc2cccnc2)C[C@H]1C(=O)NC1CC1. The summed E-state index contributed by atoms with van der Waals surface area (Å²) in [7, 11) is -3.97. The summed E-state index contributed by atoms with van der Waals surface area (Å²) < 4.78 is 38.8. The molecule has 150 valence electrons. The molecule has 1 saturated carbocycles. The van der Waals surface area contributed by atoms with E-state index in [1.54, 1.807) is 38.4 Å². The van der Waals surface area contributed by atoms with Crippen molar-refractivity contribution in [1.82, 2.24) is 19.8 Å². The highest BCUT2D eigenvalue weighted by atomic mass is 32.2. The van der Waals surface area contributed by atoms with E-state index < -0.39 is 22.2 Å². The first-order valence-corrected chi connectivity index (χ1v) is 10.6. The van der Waals surface area contributed by atoms with Crippen molar-refractivity contribution in [3.8, 4) is 5.75 Å². The van der Waals surface area contributed by atoms with Gasteiger partial charge in [-0.2, -0.15) is 4.31 Å². The van der Waals surface area contributed by atoms with Gasteiger partial charge in [-0.05, 0) is 38.8 Å². The summed E-state index contributed by atoms with van der Waals surface area (Å²) in [5.74, 6) is 0.441. The molecular weight excluding hydrogens is 384 g/mol. The first kappa shape index (κ1) is 18.9. The Morgan fingerprint density at radius 2 is 2.14 bits per heavy atom. The topological polar surface area (TPSA) is 115 Å². The van der Waals surface area contributed by atoms with E-state index in [1.807, 2.05) is 0 Å². The monoisotopic (exact) mass is 406 g/mol. The van der Waals surface area contributed by atoms with Gasteiger partial charge in [-0.1, -0.05) is 5.16 Å². The van der Waals surface area contributed by atoms with Crippen LogP contribution in [0.3, 0.4) is 0 Å². The second-order valence-corrected chi connectivity index (χ2v) is 9.02. The van der Waals surface area contributed by atoms with Crippen LogP contribution in [0.25, 0.3) is 0 Å². The molecule has 4 rings (SSSR count). The van der Waals surface area contributed by atoms with Crippen molar-refractivity contribution in [3.63, 3.8) is 0 Å². The number of aromatic nitrogens is 2. The van der Waals surface area contributed by atoms with Crippen molar-refractivity contribution in [2.75, 3.05) is 6.54 Å². The molecule has 0 bridgehead atoms. The molecule has 2 atom stereocenters. The Morgan fingerprint density at radius 3 is 2.75 bits per heavy atom. The number of rotatable bonds is 6. The molecule has 2 aliphatic rings. The number of nitrogens with one attached hydrogen (secondary N) is 1. The van der Waals surface area contributed by atoms with Crippen LogP contribution < -0.4 is 10.1 Å². The predicted octanol–water partition coefficient (Wildman–Crippen LogP) is 1.18. The Balaban J connectivity index is 1.62. The third-order valence-corrected chi connectivity index (χ3v) is 7.04. The van der Waals surface area contributed by atoms with Crippen LogP contribution in [0.4, 0.5) is 0 Å².